The molecule has 1 fully saturated rings. The molecule has 0 aromatic carbocycles. The Bertz CT molecular complexity index is 358. The number of rotatable bonds is 0. The molecule has 1 saturated carbocycles. The molecule has 90 valence electrons. The first-order valence-corrected chi connectivity index (χ1v) is 6.47. The molecule has 0 aliphatic heterocycles. The molecule has 1 N–H and O–H groups in total. The minimum Gasteiger partial charge on any atom is -0.389 e. The Morgan fingerprint density at radius 1 is 1.38 bits per heavy atom. The molecule has 0 heterocycles. The number of aliphatic hydroxyl groups excluding tert-OH is 1. The van der Waals surface area contributed by atoms with Crippen molar-refractivity contribution in [3.63, 3.8) is 0 Å². The van der Waals surface area contributed by atoms with Crippen molar-refractivity contribution in [3.8, 4) is 0 Å². The van der Waals surface area contributed by atoms with Crippen LogP contribution in [0.15, 0.2) is 22.3 Å². The molecule has 2 rings (SSSR count). The molecule has 0 amide bonds. The maximum absolute atomic E-state index is 10.2. The molecule has 16 heavy (non-hydrogen) atoms. The number of aliphatic hydroxyl groups is 1. The molecule has 0 radical (unpaired) electrons. The summed E-state index contributed by atoms with van der Waals surface area (Å²) in [5, 5.41) is 10.2. The Kier molecular flexibility index (Phi) is 3.00. The van der Waals surface area contributed by atoms with Crippen molar-refractivity contribution >= 4 is 0 Å². The van der Waals surface area contributed by atoms with Gasteiger partial charge in [-0.25, -0.2) is 0 Å². The predicted octanol–water partition coefficient (Wildman–Crippen LogP) is 3.98. The van der Waals surface area contributed by atoms with Crippen molar-refractivity contribution in [1.29, 1.82) is 0 Å². The molecule has 0 aromatic heterocycles. The number of fused-ring (bicyclic) bond motifs is 1. The Balaban J connectivity index is 2.40. The van der Waals surface area contributed by atoms with Crippen LogP contribution in [0.5, 0.6) is 0 Å². The smallest absolute Gasteiger partial charge is 0.0763 e. The highest BCUT2D eigenvalue weighted by Gasteiger charge is 2.40. The minimum atomic E-state index is -0.204. The first-order chi connectivity index (χ1) is 7.44. The fourth-order valence-electron chi connectivity index (χ4n) is 3.52. The zero-order valence-corrected chi connectivity index (χ0v) is 11.1. The first kappa shape index (κ1) is 11.9. The van der Waals surface area contributed by atoms with Crippen LogP contribution in [0.25, 0.3) is 0 Å². The van der Waals surface area contributed by atoms with Crippen LogP contribution in [0.3, 0.4) is 0 Å². The summed E-state index contributed by atoms with van der Waals surface area (Å²) in [6.45, 7) is 8.88. The van der Waals surface area contributed by atoms with Gasteiger partial charge in [0.15, 0.2) is 0 Å². The van der Waals surface area contributed by atoms with Gasteiger partial charge in [-0.1, -0.05) is 23.6 Å². The van der Waals surface area contributed by atoms with Crippen LogP contribution in [0.4, 0.5) is 0 Å². The number of hydrogen-bond donors (Lipinski definition) is 1. The van der Waals surface area contributed by atoms with Crippen LogP contribution in [-0.4, -0.2) is 11.2 Å². The number of hydrogen-bond acceptors (Lipinski definition) is 1. The zero-order valence-electron chi connectivity index (χ0n) is 11.1. The van der Waals surface area contributed by atoms with Gasteiger partial charge in [0.05, 0.1) is 6.10 Å². The van der Waals surface area contributed by atoms with E-state index in [1.165, 1.54) is 30.4 Å². The lowest BCUT2D eigenvalue weighted by molar-refractivity contribution is 0.118. The first-order valence-electron chi connectivity index (χ1n) is 6.47. The van der Waals surface area contributed by atoms with Crippen LogP contribution in [0, 0.1) is 5.41 Å². The summed E-state index contributed by atoms with van der Waals surface area (Å²) >= 11 is 0. The fraction of sp³-hybridized carbons (Fsp3) is 0.733. The van der Waals surface area contributed by atoms with Gasteiger partial charge in [0.25, 0.3) is 0 Å². The average Bonchev–Trinajstić information content (AvgIpc) is 2.15. The summed E-state index contributed by atoms with van der Waals surface area (Å²) in [7, 11) is 0. The molecule has 2 atom stereocenters. The summed E-state index contributed by atoms with van der Waals surface area (Å²) in [4.78, 5) is 0. The maximum Gasteiger partial charge on any atom is 0.0763 e. The van der Waals surface area contributed by atoms with E-state index in [2.05, 4.69) is 27.7 Å². The summed E-state index contributed by atoms with van der Waals surface area (Å²) in [5.41, 5.74) is 6.06. The van der Waals surface area contributed by atoms with Crippen LogP contribution in [0.1, 0.15) is 59.8 Å². The van der Waals surface area contributed by atoms with E-state index in [-0.39, 0.29) is 11.5 Å². The Labute approximate surface area is 99.3 Å². The molecule has 0 unspecified atom stereocenters. The van der Waals surface area contributed by atoms with Crippen molar-refractivity contribution < 1.29 is 5.11 Å². The highest BCUT2D eigenvalue weighted by molar-refractivity contribution is 5.35. The quantitative estimate of drug-likeness (QED) is 0.612. The minimum absolute atomic E-state index is 0.204. The van der Waals surface area contributed by atoms with Gasteiger partial charge < -0.3 is 5.11 Å². The lowest BCUT2D eigenvalue weighted by Gasteiger charge is -2.44. The fourth-order valence-corrected chi connectivity index (χ4v) is 3.52. The SMILES string of the molecule is CC(C)=C1CC2=C(C)CCC[C@]2(C)C[C@H]1O. The van der Waals surface area contributed by atoms with Gasteiger partial charge >= 0.3 is 0 Å². The van der Waals surface area contributed by atoms with Crippen molar-refractivity contribution in [1.82, 2.24) is 0 Å². The standard InChI is InChI=1S/C15H24O/c1-10(2)12-8-13-11(3)6-5-7-15(13,4)9-14(12)16/h14,16H,5-9H2,1-4H3/t14-,15-/m1/s1. The second-order valence-corrected chi connectivity index (χ2v) is 6.10. The molecular weight excluding hydrogens is 196 g/mol. The Morgan fingerprint density at radius 2 is 2.06 bits per heavy atom. The van der Waals surface area contributed by atoms with Gasteiger partial charge in [-0.05, 0) is 63.9 Å². The van der Waals surface area contributed by atoms with E-state index in [1.54, 1.807) is 11.1 Å². The summed E-state index contributed by atoms with van der Waals surface area (Å²) in [5.74, 6) is 0. The molecule has 2 aliphatic carbocycles. The average molecular weight is 220 g/mol. The summed E-state index contributed by atoms with van der Waals surface area (Å²) in [6, 6.07) is 0. The van der Waals surface area contributed by atoms with E-state index in [4.69, 9.17) is 0 Å². The van der Waals surface area contributed by atoms with E-state index in [0.717, 1.165) is 12.8 Å². The van der Waals surface area contributed by atoms with E-state index >= 15 is 0 Å². The van der Waals surface area contributed by atoms with Gasteiger partial charge in [0, 0.05) is 0 Å². The van der Waals surface area contributed by atoms with Crippen LogP contribution in [-0.2, 0) is 0 Å². The molecule has 0 saturated heterocycles. The Hall–Kier alpha value is -0.560. The van der Waals surface area contributed by atoms with Gasteiger partial charge in [0.2, 0.25) is 0 Å². The molecule has 1 nitrogen and oxygen atoms in total. The normalized spacial score (nSPS) is 35.1. The van der Waals surface area contributed by atoms with Crippen molar-refractivity contribution in [3.05, 3.63) is 22.3 Å². The van der Waals surface area contributed by atoms with Crippen molar-refractivity contribution in [2.75, 3.05) is 0 Å². The summed E-state index contributed by atoms with van der Waals surface area (Å²) in [6.07, 6.45) is 5.56. The van der Waals surface area contributed by atoms with E-state index < -0.39 is 0 Å². The zero-order chi connectivity index (χ0) is 11.9. The molecule has 0 bridgehead atoms. The second kappa shape index (κ2) is 4.03. The van der Waals surface area contributed by atoms with Crippen LogP contribution < -0.4 is 0 Å². The van der Waals surface area contributed by atoms with Crippen molar-refractivity contribution in [2.24, 2.45) is 5.41 Å². The van der Waals surface area contributed by atoms with Gasteiger partial charge in [-0.3, -0.25) is 0 Å². The van der Waals surface area contributed by atoms with Crippen molar-refractivity contribution in [2.45, 2.75) is 65.9 Å². The summed E-state index contributed by atoms with van der Waals surface area (Å²) < 4.78 is 0. The van der Waals surface area contributed by atoms with E-state index in [0.29, 0.717) is 0 Å². The third-order valence-electron chi connectivity index (χ3n) is 4.58. The lowest BCUT2D eigenvalue weighted by atomic mass is 9.62. The van der Waals surface area contributed by atoms with E-state index in [9.17, 15) is 5.11 Å². The molecular formula is C15H24O. The highest BCUT2D eigenvalue weighted by Crippen LogP contribution is 2.51. The maximum atomic E-state index is 10.2. The topological polar surface area (TPSA) is 20.2 Å². The van der Waals surface area contributed by atoms with Crippen LogP contribution in [0.2, 0.25) is 0 Å². The third kappa shape index (κ3) is 1.86. The van der Waals surface area contributed by atoms with Gasteiger partial charge in [-0.2, -0.15) is 0 Å². The Morgan fingerprint density at radius 3 is 2.69 bits per heavy atom. The van der Waals surface area contributed by atoms with E-state index in [1.807, 2.05) is 0 Å². The van der Waals surface area contributed by atoms with Gasteiger partial charge in [0.1, 0.15) is 0 Å². The third-order valence-corrected chi connectivity index (χ3v) is 4.58. The highest BCUT2D eigenvalue weighted by atomic mass is 16.3. The molecule has 2 aliphatic rings. The predicted molar refractivity (Wildman–Crippen MR) is 68.3 cm³/mol. The molecule has 1 heteroatoms. The molecule has 0 aromatic rings. The largest absolute Gasteiger partial charge is 0.389 e. The monoisotopic (exact) mass is 220 g/mol. The molecule has 0 spiro atoms. The second-order valence-electron chi connectivity index (χ2n) is 6.10. The van der Waals surface area contributed by atoms with Crippen LogP contribution >= 0.6 is 0 Å². The lowest BCUT2D eigenvalue weighted by Crippen LogP contribution is -2.35. The number of allylic oxidation sites excluding steroid dienone is 3. The van der Waals surface area contributed by atoms with Gasteiger partial charge in [-0.15, -0.1) is 0 Å².